The first kappa shape index (κ1) is 14.1. The Morgan fingerprint density at radius 2 is 2.00 bits per heavy atom. The van der Waals surface area contributed by atoms with Crippen molar-refractivity contribution < 1.29 is 4.79 Å². The average Bonchev–Trinajstić information content (AvgIpc) is 2.69. The molecule has 1 amide bonds. The van der Waals surface area contributed by atoms with E-state index in [9.17, 15) is 4.79 Å². The van der Waals surface area contributed by atoms with E-state index in [1.54, 1.807) is 6.07 Å². The summed E-state index contributed by atoms with van der Waals surface area (Å²) >= 11 is 3.48. The number of hydrogen-bond acceptors (Lipinski definition) is 3. The van der Waals surface area contributed by atoms with Gasteiger partial charge in [0.15, 0.2) is 0 Å². The van der Waals surface area contributed by atoms with Crippen molar-refractivity contribution >= 4 is 33.2 Å². The van der Waals surface area contributed by atoms with E-state index in [-0.39, 0.29) is 0 Å². The highest BCUT2D eigenvalue weighted by Crippen LogP contribution is 2.33. The van der Waals surface area contributed by atoms with Crippen LogP contribution in [0.15, 0.2) is 46.9 Å². The first-order chi connectivity index (χ1) is 10.2. The van der Waals surface area contributed by atoms with Gasteiger partial charge in [-0.05, 0) is 29.8 Å². The zero-order valence-electron chi connectivity index (χ0n) is 11.5. The zero-order chi connectivity index (χ0) is 14.8. The molecule has 3 rings (SSSR count). The van der Waals surface area contributed by atoms with E-state index in [0.29, 0.717) is 5.56 Å². The van der Waals surface area contributed by atoms with Crippen LogP contribution in [-0.2, 0) is 6.54 Å². The number of para-hydroxylation sites is 1. The number of halogens is 1. The number of primary amides is 1. The van der Waals surface area contributed by atoms with Crippen LogP contribution in [0.5, 0.6) is 0 Å². The van der Waals surface area contributed by atoms with Gasteiger partial charge in [0.25, 0.3) is 5.91 Å². The molecule has 0 aromatic heterocycles. The van der Waals surface area contributed by atoms with Crippen molar-refractivity contribution in [3.8, 4) is 0 Å². The van der Waals surface area contributed by atoms with Gasteiger partial charge in [0.05, 0.1) is 11.3 Å². The standard InChI is InChI=1S/C16H16BrN3O/c17-12-5-6-13(16(18)21)15(9-12)20-8-7-19-10-11-3-1-2-4-14(11)20/h1-6,9,19H,7-8,10H2,(H2,18,21). The highest BCUT2D eigenvalue weighted by atomic mass is 79.9. The molecule has 21 heavy (non-hydrogen) atoms. The second kappa shape index (κ2) is 5.87. The minimum absolute atomic E-state index is 0.410. The molecule has 1 heterocycles. The normalized spacial score (nSPS) is 14.4. The Labute approximate surface area is 132 Å². The molecule has 0 atom stereocenters. The zero-order valence-corrected chi connectivity index (χ0v) is 13.1. The largest absolute Gasteiger partial charge is 0.366 e. The van der Waals surface area contributed by atoms with E-state index in [1.807, 2.05) is 24.3 Å². The maximum atomic E-state index is 11.7. The smallest absolute Gasteiger partial charge is 0.250 e. The first-order valence-electron chi connectivity index (χ1n) is 6.82. The number of nitrogens with two attached hydrogens (primary N) is 1. The lowest BCUT2D eigenvalue weighted by Crippen LogP contribution is -2.27. The van der Waals surface area contributed by atoms with Crippen molar-refractivity contribution in [1.29, 1.82) is 0 Å². The van der Waals surface area contributed by atoms with Gasteiger partial charge in [-0.3, -0.25) is 4.79 Å². The number of amides is 1. The molecule has 2 aromatic rings. The summed E-state index contributed by atoms with van der Waals surface area (Å²) in [6.07, 6.45) is 0. The van der Waals surface area contributed by atoms with Gasteiger partial charge < -0.3 is 16.0 Å². The fourth-order valence-corrected chi connectivity index (χ4v) is 2.99. The molecule has 3 N–H and O–H groups in total. The molecule has 4 nitrogen and oxygen atoms in total. The number of nitrogens with zero attached hydrogens (tertiary/aromatic N) is 1. The summed E-state index contributed by atoms with van der Waals surface area (Å²) in [5.41, 5.74) is 9.24. The fraction of sp³-hybridized carbons (Fsp3) is 0.188. The summed E-state index contributed by atoms with van der Waals surface area (Å²) < 4.78 is 0.928. The number of benzene rings is 2. The molecule has 0 bridgehead atoms. The molecule has 0 saturated carbocycles. The van der Waals surface area contributed by atoms with Crippen LogP contribution >= 0.6 is 15.9 Å². The van der Waals surface area contributed by atoms with Gasteiger partial charge in [-0.15, -0.1) is 0 Å². The Bertz CT molecular complexity index is 687. The molecule has 0 radical (unpaired) electrons. The van der Waals surface area contributed by atoms with Gasteiger partial charge in [-0.1, -0.05) is 34.1 Å². The van der Waals surface area contributed by atoms with E-state index in [4.69, 9.17) is 5.73 Å². The second-order valence-electron chi connectivity index (χ2n) is 4.98. The number of fused-ring (bicyclic) bond motifs is 1. The number of carbonyl (C=O) groups is 1. The van der Waals surface area contributed by atoms with Crippen LogP contribution in [0.3, 0.4) is 0 Å². The average molecular weight is 346 g/mol. The maximum absolute atomic E-state index is 11.7. The quantitative estimate of drug-likeness (QED) is 0.879. The fourth-order valence-electron chi connectivity index (χ4n) is 2.64. The number of nitrogens with one attached hydrogen (secondary N) is 1. The highest BCUT2D eigenvalue weighted by Gasteiger charge is 2.20. The third-order valence-electron chi connectivity index (χ3n) is 3.63. The number of rotatable bonds is 2. The summed E-state index contributed by atoms with van der Waals surface area (Å²) in [6.45, 7) is 2.46. The second-order valence-corrected chi connectivity index (χ2v) is 5.90. The Hall–Kier alpha value is -1.85. The SMILES string of the molecule is NC(=O)c1ccc(Br)cc1N1CCNCc2ccccc21. The lowest BCUT2D eigenvalue weighted by atomic mass is 10.1. The third kappa shape index (κ3) is 2.80. The molecular formula is C16H16BrN3O. The number of carbonyl (C=O) groups excluding carboxylic acids is 1. The maximum Gasteiger partial charge on any atom is 0.250 e. The predicted octanol–water partition coefficient (Wildman–Crippen LogP) is 2.79. The van der Waals surface area contributed by atoms with Crippen molar-refractivity contribution in [3.05, 3.63) is 58.1 Å². The van der Waals surface area contributed by atoms with E-state index in [1.165, 1.54) is 5.56 Å². The number of hydrogen-bond donors (Lipinski definition) is 2. The summed E-state index contributed by atoms with van der Waals surface area (Å²) in [4.78, 5) is 13.9. The first-order valence-corrected chi connectivity index (χ1v) is 7.61. The molecule has 0 saturated heterocycles. The summed E-state index contributed by atoms with van der Waals surface area (Å²) in [7, 11) is 0. The van der Waals surface area contributed by atoms with Gasteiger partial charge in [0, 0.05) is 29.8 Å². The van der Waals surface area contributed by atoms with E-state index >= 15 is 0 Å². The molecule has 0 spiro atoms. The van der Waals surface area contributed by atoms with Crippen molar-refractivity contribution in [2.24, 2.45) is 5.73 Å². The van der Waals surface area contributed by atoms with Crippen molar-refractivity contribution in [3.63, 3.8) is 0 Å². The monoisotopic (exact) mass is 345 g/mol. The molecule has 1 aliphatic heterocycles. The van der Waals surface area contributed by atoms with Crippen LogP contribution in [0.2, 0.25) is 0 Å². The Morgan fingerprint density at radius 3 is 2.81 bits per heavy atom. The molecule has 108 valence electrons. The van der Waals surface area contributed by atoms with E-state index in [0.717, 1.165) is 35.5 Å². The summed E-state index contributed by atoms with van der Waals surface area (Å²) in [5, 5.41) is 3.40. The van der Waals surface area contributed by atoms with Crippen LogP contribution < -0.4 is 16.0 Å². The highest BCUT2D eigenvalue weighted by molar-refractivity contribution is 9.10. The van der Waals surface area contributed by atoms with Crippen molar-refractivity contribution in [2.45, 2.75) is 6.54 Å². The van der Waals surface area contributed by atoms with E-state index < -0.39 is 5.91 Å². The van der Waals surface area contributed by atoms with Crippen molar-refractivity contribution in [2.75, 3.05) is 18.0 Å². The topological polar surface area (TPSA) is 58.4 Å². The lowest BCUT2D eigenvalue weighted by molar-refractivity contribution is 0.100. The van der Waals surface area contributed by atoms with Crippen molar-refractivity contribution in [1.82, 2.24) is 5.32 Å². The Kier molecular flexibility index (Phi) is 3.94. The third-order valence-corrected chi connectivity index (χ3v) is 4.12. The minimum atomic E-state index is -0.410. The van der Waals surface area contributed by atoms with Gasteiger partial charge >= 0.3 is 0 Å². The van der Waals surface area contributed by atoms with Gasteiger partial charge in [-0.25, -0.2) is 0 Å². The molecular weight excluding hydrogens is 330 g/mol. The van der Waals surface area contributed by atoms with Gasteiger partial charge in [-0.2, -0.15) is 0 Å². The minimum Gasteiger partial charge on any atom is -0.366 e. The van der Waals surface area contributed by atoms with Crippen LogP contribution in [-0.4, -0.2) is 19.0 Å². The number of anilines is 2. The van der Waals surface area contributed by atoms with Gasteiger partial charge in [0.2, 0.25) is 0 Å². The summed E-state index contributed by atoms with van der Waals surface area (Å²) in [5.74, 6) is -0.410. The predicted molar refractivity (Wildman–Crippen MR) is 87.8 cm³/mol. The summed E-state index contributed by atoms with van der Waals surface area (Å²) in [6, 6.07) is 13.8. The molecule has 0 unspecified atom stereocenters. The lowest BCUT2D eigenvalue weighted by Gasteiger charge is -2.26. The van der Waals surface area contributed by atoms with Gasteiger partial charge in [0.1, 0.15) is 0 Å². The van der Waals surface area contributed by atoms with Crippen LogP contribution in [0.1, 0.15) is 15.9 Å². The van der Waals surface area contributed by atoms with Crippen LogP contribution in [0, 0.1) is 0 Å². The molecule has 2 aromatic carbocycles. The molecule has 5 heteroatoms. The Balaban J connectivity index is 2.16. The molecule has 1 aliphatic rings. The van der Waals surface area contributed by atoms with Crippen LogP contribution in [0.25, 0.3) is 0 Å². The van der Waals surface area contributed by atoms with E-state index in [2.05, 4.69) is 38.3 Å². The molecule has 0 aliphatic carbocycles. The van der Waals surface area contributed by atoms with Crippen LogP contribution in [0.4, 0.5) is 11.4 Å². The molecule has 0 fully saturated rings. The Morgan fingerprint density at radius 1 is 1.19 bits per heavy atom.